The number of anilines is 1. The Hall–Kier alpha value is -2.23. The molecule has 18 heavy (non-hydrogen) atoms. The molecule has 2 N–H and O–H groups in total. The topological polar surface area (TPSA) is 56.0 Å². The standard InChI is InChI=1S/C14H13FN2O/c15-13-9-17-7-6-12(13)14(18)5-4-10-2-1-3-11(16)8-10/h1-3,6-9H,4-5,16H2. The van der Waals surface area contributed by atoms with Crippen molar-refractivity contribution in [3.8, 4) is 0 Å². The molecule has 3 nitrogen and oxygen atoms in total. The van der Waals surface area contributed by atoms with Crippen molar-refractivity contribution in [2.75, 3.05) is 5.73 Å². The highest BCUT2D eigenvalue weighted by molar-refractivity contribution is 5.96. The van der Waals surface area contributed by atoms with Crippen molar-refractivity contribution in [1.29, 1.82) is 0 Å². The average molecular weight is 244 g/mol. The number of halogens is 1. The van der Waals surface area contributed by atoms with E-state index in [1.807, 2.05) is 18.2 Å². The third-order valence-corrected chi connectivity index (χ3v) is 2.66. The number of Topliss-reactive ketones (excluding diaryl/α,β-unsaturated/α-hetero) is 1. The predicted molar refractivity (Wildman–Crippen MR) is 67.7 cm³/mol. The molecule has 92 valence electrons. The Kier molecular flexibility index (Phi) is 3.67. The SMILES string of the molecule is Nc1cccc(CCC(=O)c2ccncc2F)c1. The number of hydrogen-bond donors (Lipinski definition) is 1. The van der Waals surface area contributed by atoms with Crippen LogP contribution in [0, 0.1) is 5.82 Å². The van der Waals surface area contributed by atoms with Crippen molar-refractivity contribution in [3.05, 3.63) is 59.7 Å². The maximum absolute atomic E-state index is 13.3. The van der Waals surface area contributed by atoms with E-state index in [0.717, 1.165) is 11.8 Å². The van der Waals surface area contributed by atoms with Gasteiger partial charge < -0.3 is 5.73 Å². The van der Waals surface area contributed by atoms with Crippen molar-refractivity contribution in [3.63, 3.8) is 0 Å². The number of rotatable bonds is 4. The summed E-state index contributed by atoms with van der Waals surface area (Å²) in [4.78, 5) is 15.4. The van der Waals surface area contributed by atoms with Gasteiger partial charge >= 0.3 is 0 Å². The number of nitrogens with two attached hydrogens (primary N) is 1. The summed E-state index contributed by atoms with van der Waals surface area (Å²) in [5.41, 5.74) is 7.37. The lowest BCUT2D eigenvalue weighted by Crippen LogP contribution is -2.04. The first-order chi connectivity index (χ1) is 8.66. The van der Waals surface area contributed by atoms with Gasteiger partial charge in [0.15, 0.2) is 11.6 Å². The van der Waals surface area contributed by atoms with Gasteiger partial charge in [-0.05, 0) is 30.2 Å². The number of benzene rings is 1. The molecule has 1 heterocycles. The maximum Gasteiger partial charge on any atom is 0.166 e. The summed E-state index contributed by atoms with van der Waals surface area (Å²) in [5, 5.41) is 0. The van der Waals surface area contributed by atoms with Gasteiger partial charge in [0.25, 0.3) is 0 Å². The van der Waals surface area contributed by atoms with Crippen LogP contribution in [0.3, 0.4) is 0 Å². The van der Waals surface area contributed by atoms with Crippen molar-refractivity contribution in [2.45, 2.75) is 12.8 Å². The number of ketones is 1. The molecule has 0 radical (unpaired) electrons. The van der Waals surface area contributed by atoms with Gasteiger partial charge in [0.05, 0.1) is 11.8 Å². The molecule has 0 spiro atoms. The largest absolute Gasteiger partial charge is 0.399 e. The summed E-state index contributed by atoms with van der Waals surface area (Å²) >= 11 is 0. The van der Waals surface area contributed by atoms with E-state index >= 15 is 0 Å². The zero-order valence-electron chi connectivity index (χ0n) is 9.77. The van der Waals surface area contributed by atoms with Crippen LogP contribution in [0.5, 0.6) is 0 Å². The molecule has 0 amide bonds. The van der Waals surface area contributed by atoms with E-state index in [0.29, 0.717) is 12.1 Å². The van der Waals surface area contributed by atoms with Crippen LogP contribution in [0.2, 0.25) is 0 Å². The van der Waals surface area contributed by atoms with Gasteiger partial charge in [-0.15, -0.1) is 0 Å². The molecule has 0 bridgehead atoms. The highest BCUT2D eigenvalue weighted by Crippen LogP contribution is 2.12. The van der Waals surface area contributed by atoms with Crippen LogP contribution in [-0.4, -0.2) is 10.8 Å². The van der Waals surface area contributed by atoms with Crippen LogP contribution >= 0.6 is 0 Å². The molecule has 4 heteroatoms. The molecule has 0 saturated heterocycles. The van der Waals surface area contributed by atoms with E-state index in [1.54, 1.807) is 6.07 Å². The van der Waals surface area contributed by atoms with Crippen LogP contribution in [0.15, 0.2) is 42.7 Å². The summed E-state index contributed by atoms with van der Waals surface area (Å²) in [6, 6.07) is 8.73. The fourth-order valence-electron chi connectivity index (χ4n) is 1.74. The number of carbonyl (C=O) groups is 1. The lowest BCUT2D eigenvalue weighted by molar-refractivity contribution is 0.0979. The Bertz CT molecular complexity index is 569. The summed E-state index contributed by atoms with van der Waals surface area (Å²) in [6.07, 6.45) is 3.26. The van der Waals surface area contributed by atoms with Gasteiger partial charge in [0.2, 0.25) is 0 Å². The van der Waals surface area contributed by atoms with Gasteiger partial charge in [-0.3, -0.25) is 9.78 Å². The second-order valence-electron chi connectivity index (χ2n) is 4.02. The summed E-state index contributed by atoms with van der Waals surface area (Å²) in [5.74, 6) is -0.799. The molecule has 0 aliphatic heterocycles. The Balaban J connectivity index is 2.03. The van der Waals surface area contributed by atoms with E-state index in [-0.39, 0.29) is 17.8 Å². The number of aryl methyl sites for hydroxylation is 1. The van der Waals surface area contributed by atoms with Gasteiger partial charge in [0.1, 0.15) is 0 Å². The Labute approximate surface area is 104 Å². The minimum Gasteiger partial charge on any atom is -0.399 e. The van der Waals surface area contributed by atoms with Gasteiger partial charge in [-0.1, -0.05) is 12.1 Å². The summed E-state index contributed by atoms with van der Waals surface area (Å²) in [6.45, 7) is 0. The molecule has 2 aromatic rings. The van der Waals surface area contributed by atoms with Crippen LogP contribution in [-0.2, 0) is 6.42 Å². The zero-order valence-corrected chi connectivity index (χ0v) is 9.77. The quantitative estimate of drug-likeness (QED) is 0.664. The van der Waals surface area contributed by atoms with Crippen molar-refractivity contribution < 1.29 is 9.18 Å². The van der Waals surface area contributed by atoms with Crippen molar-refractivity contribution >= 4 is 11.5 Å². The smallest absolute Gasteiger partial charge is 0.166 e. The molecule has 2 rings (SSSR count). The molecule has 0 unspecified atom stereocenters. The van der Waals surface area contributed by atoms with Crippen LogP contribution in [0.4, 0.5) is 10.1 Å². The van der Waals surface area contributed by atoms with Gasteiger partial charge in [-0.2, -0.15) is 0 Å². The first kappa shape index (κ1) is 12.2. The first-order valence-electron chi connectivity index (χ1n) is 5.64. The molecule has 0 fully saturated rings. The van der Waals surface area contributed by atoms with Crippen molar-refractivity contribution in [1.82, 2.24) is 4.98 Å². The number of nitrogens with zero attached hydrogens (tertiary/aromatic N) is 1. The zero-order chi connectivity index (χ0) is 13.0. The lowest BCUT2D eigenvalue weighted by Gasteiger charge is -2.03. The molecule has 1 aromatic carbocycles. The Morgan fingerprint density at radius 3 is 2.89 bits per heavy atom. The van der Waals surface area contributed by atoms with E-state index in [9.17, 15) is 9.18 Å². The minimum atomic E-state index is -0.574. The third kappa shape index (κ3) is 2.91. The molecule has 0 saturated carbocycles. The number of hydrogen-bond acceptors (Lipinski definition) is 3. The second kappa shape index (κ2) is 5.40. The maximum atomic E-state index is 13.3. The lowest BCUT2D eigenvalue weighted by atomic mass is 10.0. The van der Waals surface area contributed by atoms with Crippen molar-refractivity contribution in [2.24, 2.45) is 0 Å². The Morgan fingerprint density at radius 1 is 1.33 bits per heavy atom. The van der Waals surface area contributed by atoms with E-state index < -0.39 is 5.82 Å². The second-order valence-corrected chi connectivity index (χ2v) is 4.02. The molecule has 0 aliphatic rings. The number of nitrogen functional groups attached to an aromatic ring is 1. The van der Waals surface area contributed by atoms with Gasteiger partial charge in [0, 0.05) is 18.3 Å². The molecule has 0 aliphatic carbocycles. The third-order valence-electron chi connectivity index (χ3n) is 2.66. The molecular weight excluding hydrogens is 231 g/mol. The molecule has 1 aromatic heterocycles. The summed E-state index contributed by atoms with van der Waals surface area (Å²) in [7, 11) is 0. The highest BCUT2D eigenvalue weighted by atomic mass is 19.1. The first-order valence-corrected chi connectivity index (χ1v) is 5.64. The minimum absolute atomic E-state index is 0.0916. The van der Waals surface area contributed by atoms with Crippen LogP contribution < -0.4 is 5.73 Å². The number of carbonyl (C=O) groups excluding carboxylic acids is 1. The van der Waals surface area contributed by atoms with Crippen LogP contribution in [0.25, 0.3) is 0 Å². The molecular formula is C14H13FN2O. The number of pyridine rings is 1. The van der Waals surface area contributed by atoms with E-state index in [1.165, 1.54) is 12.3 Å². The number of aromatic nitrogens is 1. The fraction of sp³-hybridized carbons (Fsp3) is 0.143. The normalized spacial score (nSPS) is 10.3. The predicted octanol–water partition coefficient (Wildman–Crippen LogP) is 2.62. The highest BCUT2D eigenvalue weighted by Gasteiger charge is 2.11. The fourth-order valence-corrected chi connectivity index (χ4v) is 1.74. The monoisotopic (exact) mass is 244 g/mol. The Morgan fingerprint density at radius 2 is 2.17 bits per heavy atom. The van der Waals surface area contributed by atoms with Crippen LogP contribution in [0.1, 0.15) is 22.3 Å². The average Bonchev–Trinajstić information content (AvgIpc) is 2.37. The van der Waals surface area contributed by atoms with E-state index in [2.05, 4.69) is 4.98 Å². The summed E-state index contributed by atoms with van der Waals surface area (Å²) < 4.78 is 13.3. The van der Waals surface area contributed by atoms with Gasteiger partial charge in [-0.25, -0.2) is 4.39 Å². The van der Waals surface area contributed by atoms with E-state index in [4.69, 9.17) is 5.73 Å². The molecule has 0 atom stereocenters.